The molecule has 0 aliphatic heterocycles. The summed E-state index contributed by atoms with van der Waals surface area (Å²) in [5.74, 6) is 1.69. The largest absolute Gasteiger partial charge is 0.216 e. The molecule has 0 saturated carbocycles. The fourth-order valence-electron chi connectivity index (χ4n) is 6.16. The van der Waals surface area contributed by atoms with Crippen LogP contribution >= 0.6 is 0 Å². The van der Waals surface area contributed by atoms with Crippen molar-refractivity contribution in [1.29, 1.82) is 0 Å². The zero-order valence-electron chi connectivity index (χ0n) is 24.9. The van der Waals surface area contributed by atoms with E-state index in [1.807, 2.05) is 0 Å². The van der Waals surface area contributed by atoms with Gasteiger partial charge in [0.2, 0.25) is 0 Å². The Morgan fingerprint density at radius 1 is 0.222 bits per heavy atom. The average Bonchev–Trinajstić information content (AvgIpc) is 3.12. The molecule has 0 fully saturated rings. The third-order valence-electron chi connectivity index (χ3n) is 8.26. The molecule has 0 aliphatic rings. The fraction of sp³-hybridized carbons (Fsp3) is 0.0714. The van der Waals surface area contributed by atoms with E-state index in [1.165, 1.54) is 0 Å². The molecule has 0 atom stereocenters. The van der Waals surface area contributed by atoms with Crippen LogP contribution in [0, 0.1) is 0 Å². The van der Waals surface area contributed by atoms with Crippen LogP contribution in [0.4, 0.5) is 0 Å². The van der Waals surface area contributed by atoms with E-state index >= 15 is 0 Å². The lowest BCUT2D eigenvalue weighted by Crippen LogP contribution is -2.19. The van der Waals surface area contributed by atoms with Gasteiger partial charge in [-0.3, -0.25) is 0 Å². The van der Waals surface area contributed by atoms with Crippen LogP contribution in [0.1, 0.15) is 68.6 Å². The van der Waals surface area contributed by atoms with Gasteiger partial charge in [-0.1, -0.05) is 182 Å². The second kappa shape index (κ2) is 13.3. The van der Waals surface area contributed by atoms with Crippen molar-refractivity contribution in [3.63, 3.8) is 0 Å². The highest BCUT2D eigenvalue weighted by atomic mass is 15.0. The summed E-state index contributed by atoms with van der Waals surface area (Å²) >= 11 is 0. The molecule has 0 amide bonds. The quantitative estimate of drug-likeness (QED) is 0.171. The summed E-state index contributed by atoms with van der Waals surface area (Å²) in [5, 5.41) is 0. The van der Waals surface area contributed by atoms with Crippen molar-refractivity contribution in [2.75, 3.05) is 0 Å². The van der Waals surface area contributed by atoms with Crippen LogP contribution in [0.3, 0.4) is 0 Å². The number of nitrogens with zero attached hydrogens (tertiary/aromatic N) is 3. The lowest BCUT2D eigenvalue weighted by molar-refractivity contribution is 0.708. The molecule has 0 unspecified atom stereocenters. The van der Waals surface area contributed by atoms with Gasteiger partial charge in [-0.15, -0.1) is 0 Å². The molecule has 7 rings (SSSR count). The first-order chi connectivity index (χ1) is 22.3. The lowest BCUT2D eigenvalue weighted by Gasteiger charge is -2.24. The van der Waals surface area contributed by atoms with E-state index < -0.39 is 0 Å². The van der Waals surface area contributed by atoms with Crippen molar-refractivity contribution in [2.45, 2.75) is 17.8 Å². The number of benzene rings is 6. The summed E-state index contributed by atoms with van der Waals surface area (Å²) in [4.78, 5) is 16.2. The van der Waals surface area contributed by atoms with Gasteiger partial charge in [0.05, 0.1) is 17.8 Å². The predicted octanol–water partition coefficient (Wildman–Crippen LogP) is 9.41. The summed E-state index contributed by atoms with van der Waals surface area (Å²) in [6.07, 6.45) is 0. The zero-order chi connectivity index (χ0) is 30.3. The Morgan fingerprint density at radius 2 is 0.378 bits per heavy atom. The van der Waals surface area contributed by atoms with Gasteiger partial charge in [0, 0.05) is 0 Å². The van der Waals surface area contributed by atoms with Crippen molar-refractivity contribution in [2.24, 2.45) is 0 Å². The molecule has 0 saturated heterocycles. The van der Waals surface area contributed by atoms with Gasteiger partial charge >= 0.3 is 0 Å². The highest BCUT2D eigenvalue weighted by Gasteiger charge is 2.29. The van der Waals surface area contributed by atoms with E-state index in [0.29, 0.717) is 0 Å². The molecule has 0 radical (unpaired) electrons. The molecule has 3 heteroatoms. The molecule has 45 heavy (non-hydrogen) atoms. The van der Waals surface area contributed by atoms with Crippen LogP contribution in [0.2, 0.25) is 0 Å². The molecule has 1 heterocycles. The molecular formula is C42H33N3. The summed E-state index contributed by atoms with van der Waals surface area (Å²) in [6, 6.07) is 63.3. The molecule has 1 aromatic heterocycles. The number of hydrogen-bond acceptors (Lipinski definition) is 3. The third kappa shape index (κ3) is 6.20. The van der Waals surface area contributed by atoms with Crippen LogP contribution in [0.25, 0.3) is 0 Å². The summed E-state index contributed by atoms with van der Waals surface area (Å²) in [5.41, 5.74) is 6.83. The van der Waals surface area contributed by atoms with Crippen LogP contribution in [0.5, 0.6) is 0 Å². The van der Waals surface area contributed by atoms with E-state index in [1.54, 1.807) is 0 Å². The van der Waals surface area contributed by atoms with E-state index in [0.717, 1.165) is 50.9 Å². The number of aromatic nitrogens is 3. The number of hydrogen-bond donors (Lipinski definition) is 0. The van der Waals surface area contributed by atoms with E-state index in [2.05, 4.69) is 182 Å². The lowest BCUT2D eigenvalue weighted by atomic mass is 9.87. The van der Waals surface area contributed by atoms with Gasteiger partial charge in [0.15, 0.2) is 0 Å². The maximum Gasteiger partial charge on any atom is 0.144 e. The Balaban J connectivity index is 1.52. The Bertz CT molecular complexity index is 1570. The van der Waals surface area contributed by atoms with Crippen molar-refractivity contribution >= 4 is 0 Å². The second-order valence-corrected chi connectivity index (χ2v) is 11.2. The molecule has 0 spiro atoms. The minimum Gasteiger partial charge on any atom is -0.216 e. The van der Waals surface area contributed by atoms with Crippen molar-refractivity contribution in [3.05, 3.63) is 233 Å². The molecular weight excluding hydrogens is 546 g/mol. The van der Waals surface area contributed by atoms with E-state index in [4.69, 9.17) is 15.0 Å². The second-order valence-electron chi connectivity index (χ2n) is 11.2. The first-order valence-corrected chi connectivity index (χ1v) is 15.4. The van der Waals surface area contributed by atoms with Gasteiger partial charge in [-0.05, 0) is 33.4 Å². The highest BCUT2D eigenvalue weighted by Crippen LogP contribution is 2.37. The minimum atomic E-state index is -0.174. The Kier molecular flexibility index (Phi) is 8.32. The molecule has 7 aromatic rings. The molecule has 0 N–H and O–H groups in total. The van der Waals surface area contributed by atoms with Crippen LogP contribution in [-0.4, -0.2) is 15.0 Å². The predicted molar refractivity (Wildman–Crippen MR) is 181 cm³/mol. The molecule has 3 nitrogen and oxygen atoms in total. The normalized spacial score (nSPS) is 11.3. The van der Waals surface area contributed by atoms with E-state index in [9.17, 15) is 0 Å². The standard InChI is InChI=1S/C42H33N3/c1-7-19-31(20-8-1)37(32-21-9-2-10-22-32)40-43-41(38(33-23-11-3-12-24-33)34-25-13-4-14-26-34)45-42(44-40)39(35-27-15-5-16-28-35)36-29-17-6-18-30-36/h1-30,37-39H. The van der Waals surface area contributed by atoms with E-state index in [-0.39, 0.29) is 17.8 Å². The topological polar surface area (TPSA) is 38.7 Å². The smallest absolute Gasteiger partial charge is 0.144 e. The summed E-state index contributed by atoms with van der Waals surface area (Å²) in [6.45, 7) is 0. The minimum absolute atomic E-state index is 0.174. The SMILES string of the molecule is c1ccc(C(c2ccccc2)c2nc(C(c3ccccc3)c3ccccc3)nc(C(c3ccccc3)c3ccccc3)n2)cc1. The summed E-state index contributed by atoms with van der Waals surface area (Å²) < 4.78 is 0. The van der Waals surface area contributed by atoms with Crippen LogP contribution in [0.15, 0.2) is 182 Å². The Hall–Kier alpha value is -5.67. The third-order valence-corrected chi connectivity index (χ3v) is 8.26. The molecule has 216 valence electrons. The molecule has 0 aliphatic carbocycles. The first-order valence-electron chi connectivity index (χ1n) is 15.4. The Labute approximate surface area is 265 Å². The first kappa shape index (κ1) is 28.1. The fourth-order valence-corrected chi connectivity index (χ4v) is 6.16. The van der Waals surface area contributed by atoms with Crippen molar-refractivity contribution in [3.8, 4) is 0 Å². The molecule has 0 bridgehead atoms. The summed E-state index contributed by atoms with van der Waals surface area (Å²) in [7, 11) is 0. The van der Waals surface area contributed by atoms with Crippen molar-refractivity contribution < 1.29 is 0 Å². The van der Waals surface area contributed by atoms with Gasteiger partial charge < -0.3 is 0 Å². The average molecular weight is 580 g/mol. The maximum absolute atomic E-state index is 5.39. The molecule has 6 aromatic carbocycles. The van der Waals surface area contributed by atoms with Crippen molar-refractivity contribution in [1.82, 2.24) is 15.0 Å². The van der Waals surface area contributed by atoms with Gasteiger partial charge in [-0.2, -0.15) is 0 Å². The maximum atomic E-state index is 5.39. The van der Waals surface area contributed by atoms with Gasteiger partial charge in [0.1, 0.15) is 17.5 Å². The Morgan fingerprint density at radius 3 is 0.533 bits per heavy atom. The van der Waals surface area contributed by atoms with Crippen LogP contribution < -0.4 is 0 Å². The van der Waals surface area contributed by atoms with Crippen LogP contribution in [-0.2, 0) is 0 Å². The number of rotatable bonds is 9. The zero-order valence-corrected chi connectivity index (χ0v) is 24.9. The monoisotopic (exact) mass is 579 g/mol. The van der Waals surface area contributed by atoms with Gasteiger partial charge in [-0.25, -0.2) is 15.0 Å². The van der Waals surface area contributed by atoms with Gasteiger partial charge in [0.25, 0.3) is 0 Å². The highest BCUT2D eigenvalue weighted by molar-refractivity contribution is 5.44.